The molecule has 0 spiro atoms. The molecule has 0 radical (unpaired) electrons. The minimum atomic E-state index is -3.34. The van der Waals surface area contributed by atoms with Crippen molar-refractivity contribution >= 4 is 31.0 Å². The van der Waals surface area contributed by atoms with E-state index < -0.39 is 34.3 Å². The fraction of sp³-hybridized carbons (Fsp3) is 0.444. The fourth-order valence-corrected chi connectivity index (χ4v) is 3.59. The van der Waals surface area contributed by atoms with Crippen molar-refractivity contribution < 1.29 is 26.7 Å². The van der Waals surface area contributed by atoms with E-state index in [0.29, 0.717) is 22.5 Å². The van der Waals surface area contributed by atoms with Crippen LogP contribution >= 0.6 is 0 Å². The zero-order valence-corrected chi connectivity index (χ0v) is 20.0. The third kappa shape index (κ3) is 7.02. The Bertz CT molecular complexity index is 1260. The summed E-state index contributed by atoms with van der Waals surface area (Å²) < 4.78 is 44.0. The van der Waals surface area contributed by atoms with Crippen LogP contribution in [0.15, 0.2) is 24.5 Å². The van der Waals surface area contributed by atoms with Crippen molar-refractivity contribution in [3.63, 3.8) is 0 Å². The molecule has 12 nitrogen and oxygen atoms in total. The lowest BCUT2D eigenvalue weighted by molar-refractivity contribution is -0.385. The lowest BCUT2D eigenvalue weighted by atomic mass is 10.1. The predicted molar refractivity (Wildman–Crippen MR) is 118 cm³/mol. The highest BCUT2D eigenvalue weighted by Crippen LogP contribution is 2.29. The van der Waals surface area contributed by atoms with Gasteiger partial charge in [0.15, 0.2) is 19.7 Å². The van der Waals surface area contributed by atoms with Gasteiger partial charge >= 0.3 is 0 Å². The molecule has 0 saturated heterocycles. The lowest BCUT2D eigenvalue weighted by Gasteiger charge is -2.21. The van der Waals surface area contributed by atoms with Gasteiger partial charge in [-0.15, -0.1) is 0 Å². The molecule has 32 heavy (non-hydrogen) atoms. The molecule has 176 valence electrons. The Balaban J connectivity index is 0.000000323. The summed E-state index contributed by atoms with van der Waals surface area (Å²) in [4.78, 5) is 27.6. The van der Waals surface area contributed by atoms with Crippen LogP contribution in [0.1, 0.15) is 36.4 Å². The molecule has 0 aliphatic heterocycles. The van der Waals surface area contributed by atoms with Gasteiger partial charge < -0.3 is 0 Å². The number of aromatic nitrogens is 2. The second kappa shape index (κ2) is 9.65. The number of pyridine rings is 2. The predicted octanol–water partition coefficient (Wildman–Crippen LogP) is 2.42. The zero-order valence-electron chi connectivity index (χ0n) is 18.4. The Labute approximate surface area is 185 Å². The highest BCUT2D eigenvalue weighted by Gasteiger charge is 2.34. The van der Waals surface area contributed by atoms with Gasteiger partial charge in [0.2, 0.25) is 0 Å². The molecule has 2 rings (SSSR count). The van der Waals surface area contributed by atoms with Crippen molar-refractivity contribution in [3.05, 3.63) is 67.3 Å². The standard InChI is InChI=1S/C10H14N2O4S.C8H10N2O4S/c1-7-5-9(10(2,3)17(4,15)16)11-6-8(7)12(13)14;1-6-3-7(5-15(2,13)14)9-4-8(6)10(11)12/h5-6H,1-4H3;3-4H,5H2,1-2H3. The topological polar surface area (TPSA) is 180 Å². The monoisotopic (exact) mass is 488 g/mol. The number of nitrogens with zero attached hydrogens (tertiary/aromatic N) is 4. The van der Waals surface area contributed by atoms with Crippen LogP contribution in [-0.2, 0) is 30.2 Å². The smallest absolute Gasteiger partial charge is 0.258 e. The van der Waals surface area contributed by atoms with Gasteiger partial charge in [-0.3, -0.25) is 30.2 Å². The van der Waals surface area contributed by atoms with Gasteiger partial charge in [-0.05, 0) is 39.8 Å². The van der Waals surface area contributed by atoms with Crippen LogP contribution in [-0.4, -0.2) is 49.2 Å². The normalized spacial score (nSPS) is 11.9. The summed E-state index contributed by atoms with van der Waals surface area (Å²) in [5, 5.41) is 21.1. The number of rotatable bonds is 6. The van der Waals surface area contributed by atoms with E-state index in [1.165, 1.54) is 26.0 Å². The molecule has 0 aliphatic rings. The number of sulfone groups is 2. The Hall–Kier alpha value is -3.00. The molecular weight excluding hydrogens is 464 g/mol. The Morgan fingerprint density at radius 1 is 0.875 bits per heavy atom. The van der Waals surface area contributed by atoms with Crippen molar-refractivity contribution in [1.29, 1.82) is 0 Å². The SMILES string of the molecule is Cc1cc(C(C)(C)S(C)(=O)=O)ncc1[N+](=O)[O-].Cc1cc(CS(C)(=O)=O)ncc1[N+](=O)[O-]. The van der Waals surface area contributed by atoms with Crippen molar-refractivity contribution in [3.8, 4) is 0 Å². The minimum absolute atomic E-state index is 0.104. The number of hydrogen-bond donors (Lipinski definition) is 0. The van der Waals surface area contributed by atoms with Crippen molar-refractivity contribution in [2.75, 3.05) is 12.5 Å². The highest BCUT2D eigenvalue weighted by atomic mass is 32.2. The third-order valence-electron chi connectivity index (χ3n) is 4.57. The zero-order chi connectivity index (χ0) is 25.1. The van der Waals surface area contributed by atoms with E-state index >= 15 is 0 Å². The van der Waals surface area contributed by atoms with Crippen LogP contribution in [0.25, 0.3) is 0 Å². The molecule has 0 unspecified atom stereocenters. The molecule has 0 N–H and O–H groups in total. The van der Waals surface area contributed by atoms with E-state index in [4.69, 9.17) is 0 Å². The lowest BCUT2D eigenvalue weighted by Crippen LogP contribution is -2.29. The van der Waals surface area contributed by atoms with Gasteiger partial charge in [-0.2, -0.15) is 0 Å². The summed E-state index contributed by atoms with van der Waals surface area (Å²) in [6.45, 7) is 6.15. The van der Waals surface area contributed by atoms with Crippen molar-refractivity contribution in [2.45, 2.75) is 38.2 Å². The molecule has 0 saturated carbocycles. The first-order valence-electron chi connectivity index (χ1n) is 8.95. The van der Waals surface area contributed by atoms with Crippen molar-refractivity contribution in [2.24, 2.45) is 0 Å². The largest absolute Gasteiger partial charge is 0.290 e. The van der Waals surface area contributed by atoms with Crippen LogP contribution in [0.5, 0.6) is 0 Å². The van der Waals surface area contributed by atoms with E-state index in [2.05, 4.69) is 9.97 Å². The minimum Gasteiger partial charge on any atom is -0.258 e. The van der Waals surface area contributed by atoms with Gasteiger partial charge in [0.05, 0.1) is 27.0 Å². The summed E-state index contributed by atoms with van der Waals surface area (Å²) in [5.41, 5.74) is 1.22. The molecule has 0 aliphatic carbocycles. The summed E-state index contributed by atoms with van der Waals surface area (Å²) in [7, 11) is -6.50. The second-order valence-corrected chi connectivity index (χ2v) is 12.4. The average molecular weight is 489 g/mol. The first-order valence-corrected chi connectivity index (χ1v) is 12.9. The Kier molecular flexibility index (Phi) is 8.15. The molecule has 2 heterocycles. The van der Waals surface area contributed by atoms with Crippen molar-refractivity contribution in [1.82, 2.24) is 9.97 Å². The van der Waals surface area contributed by atoms with Crippen LogP contribution in [0.2, 0.25) is 0 Å². The molecule has 0 aromatic carbocycles. The van der Waals surface area contributed by atoms with Crippen LogP contribution in [0.3, 0.4) is 0 Å². The van der Waals surface area contributed by atoms with Crippen LogP contribution < -0.4 is 0 Å². The Morgan fingerprint density at radius 2 is 1.31 bits per heavy atom. The third-order valence-corrected chi connectivity index (χ3v) is 7.45. The molecule has 0 bridgehead atoms. The Morgan fingerprint density at radius 3 is 1.66 bits per heavy atom. The maximum Gasteiger partial charge on any atom is 0.290 e. The summed E-state index contributed by atoms with van der Waals surface area (Å²) >= 11 is 0. The second-order valence-electron chi connectivity index (χ2n) is 7.68. The summed E-state index contributed by atoms with van der Waals surface area (Å²) in [6, 6.07) is 2.86. The van der Waals surface area contributed by atoms with Crippen LogP contribution in [0, 0.1) is 34.1 Å². The van der Waals surface area contributed by atoms with Gasteiger partial charge in [0.1, 0.15) is 17.1 Å². The number of aryl methyl sites for hydroxylation is 2. The molecule has 2 aromatic rings. The van der Waals surface area contributed by atoms with E-state index in [-0.39, 0.29) is 17.1 Å². The summed E-state index contributed by atoms with van der Waals surface area (Å²) in [5.74, 6) is -0.203. The highest BCUT2D eigenvalue weighted by molar-refractivity contribution is 7.91. The maximum atomic E-state index is 11.6. The quantitative estimate of drug-likeness (QED) is 0.432. The van der Waals surface area contributed by atoms with E-state index in [9.17, 15) is 37.1 Å². The van der Waals surface area contributed by atoms with Gasteiger partial charge in [0, 0.05) is 23.6 Å². The molecule has 2 aromatic heterocycles. The van der Waals surface area contributed by atoms with E-state index in [1.807, 2.05) is 0 Å². The van der Waals surface area contributed by atoms with E-state index in [1.54, 1.807) is 13.8 Å². The molecule has 0 fully saturated rings. The maximum absolute atomic E-state index is 11.6. The molecule has 0 atom stereocenters. The molecule has 14 heteroatoms. The fourth-order valence-electron chi connectivity index (χ4n) is 2.40. The number of hydrogen-bond acceptors (Lipinski definition) is 10. The molecule has 0 amide bonds. The summed E-state index contributed by atoms with van der Waals surface area (Å²) in [6.07, 6.45) is 4.38. The van der Waals surface area contributed by atoms with Crippen LogP contribution in [0.4, 0.5) is 11.4 Å². The molecular formula is C18H24N4O8S2. The van der Waals surface area contributed by atoms with Gasteiger partial charge in [-0.1, -0.05) is 0 Å². The first kappa shape index (κ1) is 27.0. The average Bonchev–Trinajstić information content (AvgIpc) is 2.59. The van der Waals surface area contributed by atoms with E-state index in [0.717, 1.165) is 24.9 Å². The first-order chi connectivity index (χ1) is 14.4. The van der Waals surface area contributed by atoms with Gasteiger partial charge in [0.25, 0.3) is 11.4 Å². The number of nitro groups is 2. The van der Waals surface area contributed by atoms with Gasteiger partial charge in [-0.25, -0.2) is 16.8 Å².